The fourth-order valence-electron chi connectivity index (χ4n) is 2.61. The van der Waals surface area contributed by atoms with E-state index < -0.39 is 6.10 Å². The van der Waals surface area contributed by atoms with Gasteiger partial charge >= 0.3 is 0 Å². The molecule has 3 nitrogen and oxygen atoms in total. The highest BCUT2D eigenvalue weighted by Gasteiger charge is 2.39. The predicted octanol–water partition coefficient (Wildman–Crippen LogP) is 2.16. The average Bonchev–Trinajstić information content (AvgIpc) is 2.40. The molecule has 106 valence electrons. The van der Waals surface area contributed by atoms with Crippen LogP contribution in [0.15, 0.2) is 30.3 Å². The van der Waals surface area contributed by atoms with Crippen LogP contribution in [0, 0.1) is 5.41 Å². The van der Waals surface area contributed by atoms with Crippen molar-refractivity contribution in [3.63, 3.8) is 0 Å². The Morgan fingerprint density at radius 2 is 2.00 bits per heavy atom. The molecule has 0 aliphatic carbocycles. The summed E-state index contributed by atoms with van der Waals surface area (Å²) in [6.45, 7) is 4.61. The van der Waals surface area contributed by atoms with Gasteiger partial charge in [-0.25, -0.2) is 0 Å². The van der Waals surface area contributed by atoms with Gasteiger partial charge in [-0.15, -0.1) is 0 Å². The molecule has 0 bridgehead atoms. The molecule has 2 N–H and O–H groups in total. The van der Waals surface area contributed by atoms with E-state index in [1.165, 1.54) is 0 Å². The fourth-order valence-corrected chi connectivity index (χ4v) is 2.61. The van der Waals surface area contributed by atoms with Gasteiger partial charge in [0.1, 0.15) is 0 Å². The molecule has 0 aromatic heterocycles. The maximum atomic E-state index is 10.5. The van der Waals surface area contributed by atoms with E-state index in [2.05, 4.69) is 0 Å². The minimum absolute atomic E-state index is 0.0880. The summed E-state index contributed by atoms with van der Waals surface area (Å²) in [5.74, 6) is 0. The molecule has 3 unspecified atom stereocenters. The molecule has 2 rings (SSSR count). The first-order valence-corrected chi connectivity index (χ1v) is 7.02. The minimum atomic E-state index is -0.481. The van der Waals surface area contributed by atoms with Crippen LogP contribution in [0.4, 0.5) is 0 Å². The second-order valence-corrected chi connectivity index (χ2v) is 6.06. The van der Waals surface area contributed by atoms with Crippen LogP contribution in [-0.4, -0.2) is 35.1 Å². The number of hydrogen-bond acceptors (Lipinski definition) is 3. The molecule has 19 heavy (non-hydrogen) atoms. The Morgan fingerprint density at radius 1 is 1.32 bits per heavy atom. The summed E-state index contributed by atoms with van der Waals surface area (Å²) < 4.78 is 5.75. The smallest absolute Gasteiger partial charge is 0.0675 e. The summed E-state index contributed by atoms with van der Waals surface area (Å²) in [6.07, 6.45) is 1.05. The number of hydrogen-bond donors (Lipinski definition) is 2. The van der Waals surface area contributed by atoms with Crippen molar-refractivity contribution in [1.82, 2.24) is 0 Å². The molecule has 1 fully saturated rings. The molecule has 0 amide bonds. The van der Waals surface area contributed by atoms with Gasteiger partial charge in [-0.1, -0.05) is 44.2 Å². The molecule has 3 atom stereocenters. The molecule has 1 saturated heterocycles. The first kappa shape index (κ1) is 14.5. The molecule has 1 heterocycles. The zero-order valence-electron chi connectivity index (χ0n) is 11.7. The van der Waals surface area contributed by atoms with Crippen molar-refractivity contribution in [3.8, 4) is 0 Å². The molecule has 1 aromatic carbocycles. The zero-order valence-corrected chi connectivity index (χ0v) is 11.7. The van der Waals surface area contributed by atoms with Crippen molar-refractivity contribution in [3.05, 3.63) is 35.9 Å². The molecule has 0 radical (unpaired) electrons. The van der Waals surface area contributed by atoms with E-state index in [9.17, 15) is 10.2 Å². The maximum Gasteiger partial charge on any atom is 0.0675 e. The molecule has 0 saturated carbocycles. The summed E-state index contributed by atoms with van der Waals surface area (Å²) in [5, 5.41) is 20.3. The normalized spacial score (nSPS) is 26.1. The van der Waals surface area contributed by atoms with E-state index in [1.807, 2.05) is 44.2 Å². The lowest BCUT2D eigenvalue weighted by Crippen LogP contribution is -2.47. The van der Waals surface area contributed by atoms with Gasteiger partial charge < -0.3 is 14.9 Å². The molecular formula is C16H24O3. The van der Waals surface area contributed by atoms with Gasteiger partial charge in [-0.3, -0.25) is 0 Å². The molecular weight excluding hydrogens is 240 g/mol. The summed E-state index contributed by atoms with van der Waals surface area (Å²) in [4.78, 5) is 0. The van der Waals surface area contributed by atoms with E-state index in [0.717, 1.165) is 5.56 Å². The van der Waals surface area contributed by atoms with E-state index in [0.29, 0.717) is 25.9 Å². The van der Waals surface area contributed by atoms with Gasteiger partial charge in [0.25, 0.3) is 0 Å². The van der Waals surface area contributed by atoms with Crippen molar-refractivity contribution in [2.24, 2.45) is 5.41 Å². The number of aliphatic hydroxyl groups is 2. The van der Waals surface area contributed by atoms with E-state index >= 15 is 0 Å². The molecule has 1 aliphatic rings. The van der Waals surface area contributed by atoms with Gasteiger partial charge in [0, 0.05) is 18.4 Å². The Bertz CT molecular complexity index is 388. The summed E-state index contributed by atoms with van der Waals surface area (Å²) in [5.41, 5.74) is 0.761. The van der Waals surface area contributed by atoms with Crippen molar-refractivity contribution in [2.45, 2.75) is 51.4 Å². The molecule has 1 aliphatic heterocycles. The quantitative estimate of drug-likeness (QED) is 0.876. The highest BCUT2D eigenvalue weighted by molar-refractivity contribution is 5.16. The van der Waals surface area contributed by atoms with Gasteiger partial charge in [0.15, 0.2) is 0 Å². The summed E-state index contributed by atoms with van der Waals surface area (Å²) in [6, 6.07) is 9.99. The van der Waals surface area contributed by atoms with Crippen LogP contribution in [0.2, 0.25) is 0 Å². The van der Waals surface area contributed by atoms with Gasteiger partial charge in [-0.05, 0) is 18.4 Å². The largest absolute Gasteiger partial charge is 0.393 e. The Labute approximate surface area is 115 Å². The molecule has 1 aromatic rings. The van der Waals surface area contributed by atoms with Crippen LogP contribution >= 0.6 is 0 Å². The third-order valence-corrected chi connectivity index (χ3v) is 4.22. The summed E-state index contributed by atoms with van der Waals surface area (Å²) in [7, 11) is 0. The highest BCUT2D eigenvalue weighted by Crippen LogP contribution is 2.34. The van der Waals surface area contributed by atoms with Crippen molar-refractivity contribution in [1.29, 1.82) is 0 Å². The fraction of sp³-hybridized carbons (Fsp3) is 0.625. The van der Waals surface area contributed by atoms with Crippen LogP contribution in [0.1, 0.15) is 32.3 Å². The minimum Gasteiger partial charge on any atom is -0.393 e. The van der Waals surface area contributed by atoms with Crippen LogP contribution in [0.5, 0.6) is 0 Å². The van der Waals surface area contributed by atoms with Gasteiger partial charge in [0.2, 0.25) is 0 Å². The monoisotopic (exact) mass is 264 g/mol. The van der Waals surface area contributed by atoms with Crippen molar-refractivity contribution >= 4 is 0 Å². The highest BCUT2D eigenvalue weighted by atomic mass is 16.5. The molecule has 0 spiro atoms. The SMILES string of the molecule is CC(C)(C(O)Cc1ccccc1)C1CC(O)CCO1. The van der Waals surface area contributed by atoms with E-state index in [-0.39, 0.29) is 17.6 Å². The lowest BCUT2D eigenvalue weighted by Gasteiger charge is -2.41. The van der Waals surface area contributed by atoms with Crippen molar-refractivity contribution in [2.75, 3.05) is 6.61 Å². The lowest BCUT2D eigenvalue weighted by molar-refractivity contribution is -0.129. The van der Waals surface area contributed by atoms with Gasteiger partial charge in [-0.2, -0.15) is 0 Å². The first-order chi connectivity index (χ1) is 9.00. The van der Waals surface area contributed by atoms with Crippen LogP contribution in [0.3, 0.4) is 0 Å². The van der Waals surface area contributed by atoms with E-state index in [4.69, 9.17) is 4.74 Å². The Hall–Kier alpha value is -0.900. The summed E-state index contributed by atoms with van der Waals surface area (Å²) >= 11 is 0. The Balaban J connectivity index is 2.01. The lowest BCUT2D eigenvalue weighted by atomic mass is 9.75. The van der Waals surface area contributed by atoms with E-state index in [1.54, 1.807) is 0 Å². The standard InChI is InChI=1S/C16H24O3/c1-16(2,15-11-13(17)8-9-19-15)14(18)10-12-6-4-3-5-7-12/h3-7,13-15,17-18H,8-11H2,1-2H3. The predicted molar refractivity (Wildman–Crippen MR) is 74.9 cm³/mol. The Morgan fingerprint density at radius 3 is 2.63 bits per heavy atom. The number of rotatable bonds is 4. The maximum absolute atomic E-state index is 10.5. The number of benzene rings is 1. The van der Waals surface area contributed by atoms with Gasteiger partial charge in [0.05, 0.1) is 18.3 Å². The second kappa shape index (κ2) is 6.04. The Kier molecular flexibility index (Phi) is 4.61. The second-order valence-electron chi connectivity index (χ2n) is 6.06. The first-order valence-electron chi connectivity index (χ1n) is 7.02. The van der Waals surface area contributed by atoms with Crippen LogP contribution in [0.25, 0.3) is 0 Å². The van der Waals surface area contributed by atoms with Crippen LogP contribution in [-0.2, 0) is 11.2 Å². The van der Waals surface area contributed by atoms with Crippen LogP contribution < -0.4 is 0 Å². The molecule has 3 heteroatoms. The average molecular weight is 264 g/mol. The topological polar surface area (TPSA) is 49.7 Å². The third kappa shape index (κ3) is 3.56. The third-order valence-electron chi connectivity index (χ3n) is 4.22. The number of ether oxygens (including phenoxy) is 1. The zero-order chi connectivity index (χ0) is 13.9. The number of aliphatic hydroxyl groups excluding tert-OH is 2. The van der Waals surface area contributed by atoms with Crippen molar-refractivity contribution < 1.29 is 14.9 Å².